The molecule has 3 aromatic rings. The number of fused-ring (bicyclic) bond motifs is 1. The van der Waals surface area contributed by atoms with Crippen molar-refractivity contribution in [3.8, 4) is 34.7 Å². The molecule has 4 rings (SSSR count). The molecule has 0 aliphatic heterocycles. The lowest BCUT2D eigenvalue weighted by atomic mass is 10.0. The van der Waals surface area contributed by atoms with E-state index >= 15 is 0 Å². The molecule has 1 aliphatic rings. The van der Waals surface area contributed by atoms with Crippen LogP contribution < -0.4 is 4.74 Å². The molecular formula is C34H46N4O5Si. The van der Waals surface area contributed by atoms with E-state index in [1.807, 2.05) is 57.7 Å². The third kappa shape index (κ3) is 7.51. The minimum Gasteiger partial charge on any atom is -0.490 e. The summed E-state index contributed by atoms with van der Waals surface area (Å²) in [5.74, 6) is 1.30. The monoisotopic (exact) mass is 618 g/mol. The molecule has 0 bridgehead atoms. The van der Waals surface area contributed by atoms with Gasteiger partial charge >= 0.3 is 6.09 Å². The zero-order valence-electron chi connectivity index (χ0n) is 27.8. The van der Waals surface area contributed by atoms with E-state index in [1.54, 1.807) is 12.1 Å². The molecule has 0 unspecified atom stereocenters. The summed E-state index contributed by atoms with van der Waals surface area (Å²) in [5.41, 5.74) is 3.42. The highest BCUT2D eigenvalue weighted by Crippen LogP contribution is 2.42. The van der Waals surface area contributed by atoms with Crippen LogP contribution in [0.5, 0.6) is 5.75 Å². The van der Waals surface area contributed by atoms with Crippen molar-refractivity contribution < 1.29 is 23.2 Å². The molecule has 2 aromatic carbocycles. The average molecular weight is 619 g/mol. The molecule has 1 heterocycles. The van der Waals surface area contributed by atoms with Gasteiger partial charge in [-0.3, -0.25) is 4.90 Å². The summed E-state index contributed by atoms with van der Waals surface area (Å²) in [6, 6.07) is 13.3. The summed E-state index contributed by atoms with van der Waals surface area (Å²) in [6.07, 6.45) is 1.10. The fourth-order valence-electron chi connectivity index (χ4n) is 5.03. The van der Waals surface area contributed by atoms with E-state index in [0.29, 0.717) is 41.7 Å². The smallest absolute Gasteiger partial charge is 0.410 e. The van der Waals surface area contributed by atoms with Crippen LogP contribution in [0, 0.1) is 11.3 Å². The fraction of sp³-hybridized carbons (Fsp3) is 0.529. The normalized spacial score (nSPS) is 15.2. The highest BCUT2D eigenvalue weighted by atomic mass is 28.4. The lowest BCUT2D eigenvalue weighted by Crippen LogP contribution is -2.45. The van der Waals surface area contributed by atoms with Crippen LogP contribution in [0.25, 0.3) is 22.8 Å². The van der Waals surface area contributed by atoms with Crippen molar-refractivity contribution in [3.63, 3.8) is 0 Å². The van der Waals surface area contributed by atoms with Gasteiger partial charge in [0.25, 0.3) is 5.89 Å². The van der Waals surface area contributed by atoms with E-state index in [1.165, 1.54) is 0 Å². The topological polar surface area (TPSA) is 111 Å². The van der Waals surface area contributed by atoms with Gasteiger partial charge in [0.2, 0.25) is 5.82 Å². The molecule has 236 valence electrons. The first-order chi connectivity index (χ1) is 20.5. The van der Waals surface area contributed by atoms with E-state index < -0.39 is 13.9 Å². The fourth-order valence-corrected chi connectivity index (χ4v) is 6.07. The van der Waals surface area contributed by atoms with Gasteiger partial charge in [-0.1, -0.05) is 44.1 Å². The highest BCUT2D eigenvalue weighted by molar-refractivity contribution is 6.74. The van der Waals surface area contributed by atoms with Crippen LogP contribution >= 0.6 is 0 Å². The molecule has 1 aliphatic carbocycles. The second-order valence-corrected chi connectivity index (χ2v) is 18.9. The van der Waals surface area contributed by atoms with Gasteiger partial charge in [0, 0.05) is 17.7 Å². The maximum atomic E-state index is 13.5. The molecule has 1 atom stereocenters. The first-order valence-corrected chi connectivity index (χ1v) is 18.2. The third-order valence-corrected chi connectivity index (χ3v) is 12.8. The Morgan fingerprint density at radius 2 is 1.89 bits per heavy atom. The van der Waals surface area contributed by atoms with Crippen molar-refractivity contribution in [2.45, 2.75) is 104 Å². The van der Waals surface area contributed by atoms with Crippen molar-refractivity contribution in [1.82, 2.24) is 15.0 Å². The summed E-state index contributed by atoms with van der Waals surface area (Å²) < 4.78 is 23.7. The van der Waals surface area contributed by atoms with Crippen LogP contribution in [-0.4, -0.2) is 54.3 Å². The second kappa shape index (κ2) is 12.7. The molecule has 0 fully saturated rings. The van der Waals surface area contributed by atoms with E-state index in [0.717, 1.165) is 29.5 Å². The Morgan fingerprint density at radius 1 is 1.16 bits per heavy atom. The summed E-state index contributed by atoms with van der Waals surface area (Å²) in [5, 5.41) is 14.0. The van der Waals surface area contributed by atoms with E-state index in [-0.39, 0.29) is 23.3 Å². The van der Waals surface area contributed by atoms with Crippen LogP contribution in [0.3, 0.4) is 0 Å². The largest absolute Gasteiger partial charge is 0.490 e. The van der Waals surface area contributed by atoms with Gasteiger partial charge in [0.15, 0.2) is 8.32 Å². The summed E-state index contributed by atoms with van der Waals surface area (Å²) in [7, 11) is -1.99. The van der Waals surface area contributed by atoms with Gasteiger partial charge in [-0.25, -0.2) is 4.79 Å². The Hall–Kier alpha value is -3.68. The Labute approximate surface area is 262 Å². The number of nitrogens with zero attached hydrogens (tertiary/aromatic N) is 4. The van der Waals surface area contributed by atoms with Gasteiger partial charge in [-0.15, -0.1) is 0 Å². The van der Waals surface area contributed by atoms with Crippen LogP contribution in [-0.2, 0) is 15.6 Å². The lowest BCUT2D eigenvalue weighted by molar-refractivity contribution is 0.0125. The Bertz CT molecular complexity index is 1530. The third-order valence-electron chi connectivity index (χ3n) is 8.22. The highest BCUT2D eigenvalue weighted by Gasteiger charge is 2.39. The zero-order chi connectivity index (χ0) is 32.4. The molecule has 10 heteroatoms. The van der Waals surface area contributed by atoms with Gasteiger partial charge < -0.3 is 18.4 Å². The Balaban J connectivity index is 1.62. The number of nitriles is 1. The van der Waals surface area contributed by atoms with Gasteiger partial charge in [0.1, 0.15) is 17.4 Å². The number of amides is 1. The molecule has 9 nitrogen and oxygen atoms in total. The van der Waals surface area contributed by atoms with E-state index in [4.69, 9.17) is 23.4 Å². The predicted molar refractivity (Wildman–Crippen MR) is 173 cm³/mol. The van der Waals surface area contributed by atoms with Gasteiger partial charge in [-0.05, 0) is 94.9 Å². The molecule has 0 radical (unpaired) electrons. The van der Waals surface area contributed by atoms with Crippen LogP contribution in [0.2, 0.25) is 18.1 Å². The van der Waals surface area contributed by atoms with Crippen molar-refractivity contribution in [1.29, 1.82) is 5.26 Å². The molecule has 0 spiro atoms. The minimum atomic E-state index is -1.99. The molecule has 44 heavy (non-hydrogen) atoms. The quantitative estimate of drug-likeness (QED) is 0.220. The lowest BCUT2D eigenvalue weighted by Gasteiger charge is -2.38. The number of benzene rings is 2. The standard InChI is InChI=1S/C34H46N4O5Si/c1-22(2)41-29-17-14-23(20-24(29)21-35)31-36-30(37-43-31)27-13-11-12-26-25(27)15-16-28(26)38(32(39)42-33(3,4)5)18-19-40-44(9,10)34(6,7)8/h11-14,17,20,22,28H,15-16,18-19H2,1-10H3/t28-/m1/s1. The minimum absolute atomic E-state index is 0.0529. The second-order valence-electron chi connectivity index (χ2n) is 14.1. The van der Waals surface area contributed by atoms with E-state index in [9.17, 15) is 10.1 Å². The average Bonchev–Trinajstić information content (AvgIpc) is 3.57. The number of hydrogen-bond acceptors (Lipinski definition) is 8. The SMILES string of the molecule is CC(C)Oc1ccc(-c2nc(-c3cccc4c3CC[C@H]4N(CCO[Si](C)(C)C(C)(C)C)C(=O)OC(C)(C)C)no2)cc1C#N. The summed E-state index contributed by atoms with van der Waals surface area (Å²) in [6.45, 7) is 21.4. The first kappa shape index (κ1) is 33.2. The van der Waals surface area contributed by atoms with Gasteiger partial charge in [-0.2, -0.15) is 10.2 Å². The maximum absolute atomic E-state index is 13.5. The Morgan fingerprint density at radius 3 is 2.52 bits per heavy atom. The molecule has 0 saturated heterocycles. The molecule has 0 N–H and O–H groups in total. The number of carbonyl (C=O) groups excluding carboxylic acids is 1. The number of hydrogen-bond donors (Lipinski definition) is 0. The molecular weight excluding hydrogens is 572 g/mol. The van der Waals surface area contributed by atoms with Gasteiger partial charge in [0.05, 0.1) is 24.3 Å². The maximum Gasteiger partial charge on any atom is 0.410 e. The first-order valence-electron chi connectivity index (χ1n) is 15.3. The number of aromatic nitrogens is 2. The number of carbonyl (C=O) groups is 1. The summed E-state index contributed by atoms with van der Waals surface area (Å²) in [4.78, 5) is 20.1. The van der Waals surface area contributed by atoms with Crippen molar-refractivity contribution in [3.05, 3.63) is 53.1 Å². The summed E-state index contributed by atoms with van der Waals surface area (Å²) >= 11 is 0. The van der Waals surface area contributed by atoms with Crippen LogP contribution in [0.1, 0.15) is 84.5 Å². The van der Waals surface area contributed by atoms with Crippen molar-refractivity contribution in [2.75, 3.05) is 13.2 Å². The Kier molecular flexibility index (Phi) is 9.62. The van der Waals surface area contributed by atoms with Crippen molar-refractivity contribution >= 4 is 14.4 Å². The van der Waals surface area contributed by atoms with E-state index in [2.05, 4.69) is 51.2 Å². The number of rotatable bonds is 9. The number of ether oxygens (including phenoxy) is 2. The molecule has 0 saturated carbocycles. The predicted octanol–water partition coefficient (Wildman–Crippen LogP) is 8.31. The van der Waals surface area contributed by atoms with Crippen molar-refractivity contribution in [2.24, 2.45) is 0 Å². The van der Waals surface area contributed by atoms with Crippen LogP contribution in [0.4, 0.5) is 4.79 Å². The molecule has 1 amide bonds. The molecule has 1 aromatic heterocycles. The van der Waals surface area contributed by atoms with Crippen LogP contribution in [0.15, 0.2) is 40.9 Å². The zero-order valence-corrected chi connectivity index (χ0v) is 28.8.